The first-order valence-electron chi connectivity index (χ1n) is 10.9. The maximum absolute atomic E-state index is 6.47. The van der Waals surface area contributed by atoms with Gasteiger partial charge in [-0.3, -0.25) is 0 Å². The van der Waals surface area contributed by atoms with Crippen molar-refractivity contribution >= 4 is 28.5 Å². The molecule has 2 aromatic heterocycles. The lowest BCUT2D eigenvalue weighted by Gasteiger charge is -2.36. The zero-order valence-electron chi connectivity index (χ0n) is 18.2. The van der Waals surface area contributed by atoms with Crippen molar-refractivity contribution in [2.75, 3.05) is 18.0 Å². The Morgan fingerprint density at radius 1 is 0.968 bits per heavy atom. The number of aryl methyl sites for hydroxylation is 1. The van der Waals surface area contributed by atoms with E-state index in [1.807, 2.05) is 19.1 Å². The molecule has 1 saturated heterocycles. The first kappa shape index (κ1) is 20.1. The number of nitrogens with zero attached hydrogens (tertiary/aromatic N) is 4. The standard InChI is InChI=1S/C26H27ClN4/c1-17-11-18(2)14-30(13-17)25-24-22(20-7-5-4-6-8-20)15-31(26(24)29-16-28-25)21-10-9-19(3)23(27)12-21/h4-10,12,15-18H,11,13-14H2,1-3H3. The fourth-order valence-electron chi connectivity index (χ4n) is 4.89. The molecule has 31 heavy (non-hydrogen) atoms. The third kappa shape index (κ3) is 3.70. The summed E-state index contributed by atoms with van der Waals surface area (Å²) in [7, 11) is 0. The summed E-state index contributed by atoms with van der Waals surface area (Å²) in [6.45, 7) is 8.73. The maximum atomic E-state index is 6.47. The molecule has 1 fully saturated rings. The van der Waals surface area contributed by atoms with Gasteiger partial charge in [-0.05, 0) is 48.4 Å². The highest BCUT2D eigenvalue weighted by Crippen LogP contribution is 2.38. The van der Waals surface area contributed by atoms with Crippen LogP contribution in [0, 0.1) is 18.8 Å². The minimum absolute atomic E-state index is 0.645. The van der Waals surface area contributed by atoms with Crippen molar-refractivity contribution in [3.05, 3.63) is 71.6 Å². The Hall–Kier alpha value is -2.85. The molecule has 2 unspecified atom stereocenters. The van der Waals surface area contributed by atoms with Gasteiger partial charge >= 0.3 is 0 Å². The Bertz CT molecular complexity index is 1220. The summed E-state index contributed by atoms with van der Waals surface area (Å²) >= 11 is 6.47. The number of fused-ring (bicyclic) bond motifs is 1. The highest BCUT2D eigenvalue weighted by Gasteiger charge is 2.26. The van der Waals surface area contributed by atoms with E-state index in [-0.39, 0.29) is 0 Å². The first-order valence-corrected chi connectivity index (χ1v) is 11.3. The molecule has 1 aliphatic heterocycles. The lowest BCUT2D eigenvalue weighted by atomic mass is 9.91. The summed E-state index contributed by atoms with van der Waals surface area (Å²) in [6.07, 6.45) is 5.14. The van der Waals surface area contributed by atoms with Crippen LogP contribution in [-0.4, -0.2) is 27.6 Å². The molecule has 1 aliphatic rings. The van der Waals surface area contributed by atoms with Crippen molar-refractivity contribution in [1.29, 1.82) is 0 Å². The largest absolute Gasteiger partial charge is 0.355 e. The van der Waals surface area contributed by atoms with E-state index >= 15 is 0 Å². The van der Waals surface area contributed by atoms with Crippen LogP contribution in [0.2, 0.25) is 5.02 Å². The van der Waals surface area contributed by atoms with Crippen molar-refractivity contribution in [1.82, 2.24) is 14.5 Å². The average molecular weight is 431 g/mol. The molecular formula is C26H27ClN4. The van der Waals surface area contributed by atoms with Crippen molar-refractivity contribution < 1.29 is 0 Å². The van der Waals surface area contributed by atoms with Crippen molar-refractivity contribution in [3.63, 3.8) is 0 Å². The van der Waals surface area contributed by atoms with Crippen molar-refractivity contribution in [2.45, 2.75) is 27.2 Å². The fourth-order valence-corrected chi connectivity index (χ4v) is 5.06. The summed E-state index contributed by atoms with van der Waals surface area (Å²) in [6, 6.07) is 16.7. The van der Waals surface area contributed by atoms with E-state index in [0.717, 1.165) is 51.8 Å². The number of rotatable bonds is 3. The van der Waals surface area contributed by atoms with Crippen molar-refractivity contribution in [3.8, 4) is 16.8 Å². The fraction of sp³-hybridized carbons (Fsp3) is 0.308. The number of aromatic nitrogens is 3. The second kappa shape index (κ2) is 8.01. The van der Waals surface area contributed by atoms with E-state index < -0.39 is 0 Å². The number of benzene rings is 2. The molecule has 158 valence electrons. The van der Waals surface area contributed by atoms with E-state index in [1.54, 1.807) is 6.33 Å². The van der Waals surface area contributed by atoms with E-state index in [0.29, 0.717) is 11.8 Å². The Labute approximate surface area is 188 Å². The van der Waals surface area contributed by atoms with Crippen LogP contribution in [0.15, 0.2) is 61.1 Å². The number of hydrogen-bond donors (Lipinski definition) is 0. The molecule has 4 nitrogen and oxygen atoms in total. The quantitative estimate of drug-likeness (QED) is 0.370. The number of piperidine rings is 1. The molecule has 5 rings (SSSR count). The molecule has 0 aliphatic carbocycles. The number of anilines is 1. The molecular weight excluding hydrogens is 404 g/mol. The van der Waals surface area contributed by atoms with Crippen molar-refractivity contribution in [2.24, 2.45) is 11.8 Å². The van der Waals surface area contributed by atoms with Gasteiger partial charge in [0, 0.05) is 35.6 Å². The smallest absolute Gasteiger partial charge is 0.150 e. The zero-order valence-corrected chi connectivity index (χ0v) is 19.0. The van der Waals surface area contributed by atoms with Gasteiger partial charge in [-0.15, -0.1) is 0 Å². The van der Waals surface area contributed by atoms with Gasteiger partial charge in [0.2, 0.25) is 0 Å². The second-order valence-corrected chi connectivity index (χ2v) is 9.37. The molecule has 0 bridgehead atoms. The third-order valence-corrected chi connectivity index (χ3v) is 6.66. The van der Waals surface area contributed by atoms with E-state index in [4.69, 9.17) is 21.6 Å². The summed E-state index contributed by atoms with van der Waals surface area (Å²) in [5, 5.41) is 1.86. The highest BCUT2D eigenvalue weighted by atomic mass is 35.5. The maximum Gasteiger partial charge on any atom is 0.150 e. The molecule has 3 heterocycles. The summed E-state index contributed by atoms with van der Waals surface area (Å²) in [5.41, 5.74) is 5.30. The van der Waals surface area contributed by atoms with Crippen LogP contribution in [0.25, 0.3) is 27.8 Å². The highest BCUT2D eigenvalue weighted by molar-refractivity contribution is 6.31. The molecule has 0 saturated carbocycles. The molecule has 4 aromatic rings. The Morgan fingerprint density at radius 3 is 2.42 bits per heavy atom. The lowest BCUT2D eigenvalue weighted by Crippen LogP contribution is -2.39. The minimum atomic E-state index is 0.645. The van der Waals surface area contributed by atoms with Gasteiger partial charge in [-0.2, -0.15) is 0 Å². The predicted octanol–water partition coefficient (Wildman–Crippen LogP) is 6.53. The van der Waals surface area contributed by atoms with Gasteiger partial charge in [-0.1, -0.05) is 61.8 Å². The topological polar surface area (TPSA) is 34.0 Å². The number of halogens is 1. The van der Waals surface area contributed by atoms with Crippen LogP contribution < -0.4 is 4.90 Å². The van der Waals surface area contributed by atoms with Crippen LogP contribution in [0.1, 0.15) is 25.8 Å². The summed E-state index contributed by atoms with van der Waals surface area (Å²) < 4.78 is 2.14. The molecule has 0 spiro atoms. The SMILES string of the molecule is Cc1ccc(-n2cc(-c3ccccc3)c3c(N4CC(C)CC(C)C4)ncnc32)cc1Cl. The van der Waals surface area contributed by atoms with Gasteiger partial charge in [-0.25, -0.2) is 9.97 Å². The van der Waals surface area contributed by atoms with Crippen LogP contribution in [0.5, 0.6) is 0 Å². The van der Waals surface area contributed by atoms with Gasteiger partial charge in [0.1, 0.15) is 12.1 Å². The second-order valence-electron chi connectivity index (χ2n) is 8.96. The van der Waals surface area contributed by atoms with Gasteiger partial charge in [0.25, 0.3) is 0 Å². The van der Waals surface area contributed by atoms with Gasteiger partial charge < -0.3 is 9.47 Å². The van der Waals surface area contributed by atoms with Crippen LogP contribution in [0.4, 0.5) is 5.82 Å². The summed E-state index contributed by atoms with van der Waals surface area (Å²) in [5.74, 6) is 2.32. The minimum Gasteiger partial charge on any atom is -0.355 e. The van der Waals surface area contributed by atoms with E-state index in [1.165, 1.54) is 12.0 Å². The zero-order chi connectivity index (χ0) is 21.5. The van der Waals surface area contributed by atoms with Crippen LogP contribution in [-0.2, 0) is 0 Å². The van der Waals surface area contributed by atoms with Gasteiger partial charge in [0.15, 0.2) is 5.65 Å². The molecule has 2 atom stereocenters. The average Bonchev–Trinajstić information content (AvgIpc) is 3.15. The van der Waals surface area contributed by atoms with E-state index in [9.17, 15) is 0 Å². The monoisotopic (exact) mass is 430 g/mol. The summed E-state index contributed by atoms with van der Waals surface area (Å²) in [4.78, 5) is 12.0. The molecule has 0 amide bonds. The Kier molecular flexibility index (Phi) is 5.19. The first-order chi connectivity index (χ1) is 15.0. The van der Waals surface area contributed by atoms with E-state index in [2.05, 4.69) is 65.9 Å². The lowest BCUT2D eigenvalue weighted by molar-refractivity contribution is 0.356. The molecule has 2 aromatic carbocycles. The van der Waals surface area contributed by atoms with Crippen LogP contribution >= 0.6 is 11.6 Å². The molecule has 0 N–H and O–H groups in total. The number of hydrogen-bond acceptors (Lipinski definition) is 3. The predicted molar refractivity (Wildman–Crippen MR) is 129 cm³/mol. The molecule has 0 radical (unpaired) electrons. The third-order valence-electron chi connectivity index (χ3n) is 6.25. The Morgan fingerprint density at radius 2 is 1.71 bits per heavy atom. The van der Waals surface area contributed by atoms with Crippen LogP contribution in [0.3, 0.4) is 0 Å². The molecule has 5 heteroatoms. The normalized spacial score (nSPS) is 19.2. The van der Waals surface area contributed by atoms with Gasteiger partial charge in [0.05, 0.1) is 5.39 Å². The Balaban J connectivity index is 1.76.